The van der Waals surface area contributed by atoms with Crippen LogP contribution in [-0.4, -0.2) is 21.1 Å². The molecule has 1 aliphatic rings. The molecule has 2 amide bonds. The molecule has 40 heavy (non-hydrogen) atoms. The van der Waals surface area contributed by atoms with Gasteiger partial charge in [-0.25, -0.2) is 3.93 Å². The second-order valence-corrected chi connectivity index (χ2v) is 11.4. The molecule has 0 spiro atoms. The summed E-state index contributed by atoms with van der Waals surface area (Å²) in [6.07, 6.45) is 0.703. The van der Waals surface area contributed by atoms with Crippen LogP contribution in [0.2, 0.25) is 15.1 Å². The molecule has 3 nitrogen and oxygen atoms in total. The van der Waals surface area contributed by atoms with Crippen molar-refractivity contribution in [2.24, 2.45) is 0 Å². The van der Waals surface area contributed by atoms with Gasteiger partial charge in [-0.1, -0.05) is 122 Å². The van der Waals surface area contributed by atoms with Gasteiger partial charge in [0, 0.05) is 33.2 Å². The SMILES string of the molecule is C/C(=C\Br)c1ccc(Cl)cc1.C=C(C)c1ccc(Cl)cc1.C=C(CBr)c1ccc(Cl)cc1.O=C1CCC(=O)N1Br. The van der Waals surface area contributed by atoms with Crippen LogP contribution in [0, 0.1) is 0 Å². The van der Waals surface area contributed by atoms with Crippen LogP contribution in [0.1, 0.15) is 43.4 Å². The van der Waals surface area contributed by atoms with Crippen molar-refractivity contribution in [3.8, 4) is 0 Å². The minimum absolute atomic E-state index is 0.144. The summed E-state index contributed by atoms with van der Waals surface area (Å²) in [6, 6.07) is 23.1. The number of rotatable bonds is 4. The number of alkyl halides is 1. The molecule has 1 saturated heterocycles. The molecule has 1 heterocycles. The number of carbonyl (C=O) groups excluding carboxylic acids is 2. The third kappa shape index (κ3) is 13.8. The first-order valence-electron chi connectivity index (χ1n) is 11.8. The average Bonchev–Trinajstić information content (AvgIpc) is 3.25. The highest BCUT2D eigenvalue weighted by Gasteiger charge is 2.26. The van der Waals surface area contributed by atoms with Crippen LogP contribution in [-0.2, 0) is 9.59 Å². The van der Waals surface area contributed by atoms with Gasteiger partial charge in [0.25, 0.3) is 0 Å². The highest BCUT2D eigenvalue weighted by atomic mass is 79.9. The van der Waals surface area contributed by atoms with Crippen LogP contribution in [0.3, 0.4) is 0 Å². The summed E-state index contributed by atoms with van der Waals surface area (Å²) in [5.41, 5.74) is 6.79. The van der Waals surface area contributed by atoms with E-state index in [1.165, 1.54) is 11.1 Å². The molecule has 0 N–H and O–H groups in total. The van der Waals surface area contributed by atoms with Crippen LogP contribution in [0.5, 0.6) is 0 Å². The molecule has 0 aliphatic carbocycles. The van der Waals surface area contributed by atoms with Gasteiger partial charge < -0.3 is 0 Å². The predicted octanol–water partition coefficient (Wildman–Crippen LogP) is 11.7. The molecule has 1 aliphatic heterocycles. The first-order chi connectivity index (χ1) is 18.9. The largest absolute Gasteiger partial charge is 0.274 e. The molecule has 0 unspecified atom stereocenters. The van der Waals surface area contributed by atoms with E-state index in [1.807, 2.05) is 91.6 Å². The van der Waals surface area contributed by atoms with Crippen LogP contribution in [0.15, 0.2) is 90.9 Å². The first kappa shape index (κ1) is 36.4. The van der Waals surface area contributed by atoms with Crippen molar-refractivity contribution in [3.05, 3.63) is 123 Å². The smallest absolute Gasteiger partial charge is 0.239 e. The molecule has 3 aromatic rings. The summed E-state index contributed by atoms with van der Waals surface area (Å²) in [6.45, 7) is 11.7. The van der Waals surface area contributed by atoms with E-state index in [0.29, 0.717) is 12.8 Å². The maximum atomic E-state index is 10.4. The second-order valence-electron chi connectivity index (χ2n) is 8.40. The first-order valence-corrected chi connectivity index (χ1v) is 15.7. The van der Waals surface area contributed by atoms with Gasteiger partial charge in [-0.15, -0.1) is 0 Å². The van der Waals surface area contributed by atoms with E-state index in [9.17, 15) is 9.59 Å². The summed E-state index contributed by atoms with van der Waals surface area (Å²) < 4.78 is 0.979. The quantitative estimate of drug-likeness (QED) is 0.150. The Bertz CT molecular complexity index is 1290. The zero-order valence-electron chi connectivity index (χ0n) is 22.1. The van der Waals surface area contributed by atoms with E-state index >= 15 is 0 Å². The van der Waals surface area contributed by atoms with E-state index in [-0.39, 0.29) is 11.8 Å². The molecule has 1 fully saturated rings. The molecule has 9 heteroatoms. The molecule has 0 aromatic heterocycles. The Kier molecular flexibility index (Phi) is 17.7. The Morgan fingerprint density at radius 1 is 0.750 bits per heavy atom. The minimum Gasteiger partial charge on any atom is -0.274 e. The van der Waals surface area contributed by atoms with E-state index in [0.717, 1.165) is 46.6 Å². The summed E-state index contributed by atoms with van der Waals surface area (Å²) in [7, 11) is 0. The van der Waals surface area contributed by atoms with Crippen LogP contribution >= 0.6 is 82.8 Å². The number of benzene rings is 3. The Labute approximate surface area is 277 Å². The average molecular weight is 794 g/mol. The summed E-state index contributed by atoms with van der Waals surface area (Å²) in [5, 5.41) is 3.10. The van der Waals surface area contributed by atoms with Crippen molar-refractivity contribution in [3.63, 3.8) is 0 Å². The monoisotopic (exact) mass is 789 g/mol. The normalized spacial score (nSPS) is 12.3. The standard InChI is InChI=1S/2C9H8BrCl.C9H9Cl.C4H4BrNO2/c2*1-7(6-10)8-2-4-9(11)5-3-8;1-7(2)8-3-5-9(10)6-4-8;5-6-3(7)1-2-4(6)8/h2-6H,1H3;2-5H,1,6H2;3-6H,1H2,2H3;1-2H2/b7-6+;;;. The molecule has 0 bridgehead atoms. The van der Waals surface area contributed by atoms with E-state index in [4.69, 9.17) is 34.8 Å². The van der Waals surface area contributed by atoms with E-state index in [2.05, 4.69) is 61.2 Å². The molecular weight excluding hydrogens is 764 g/mol. The lowest BCUT2D eigenvalue weighted by atomic mass is 10.1. The van der Waals surface area contributed by atoms with Crippen LogP contribution < -0.4 is 0 Å². The number of imide groups is 1. The summed E-state index contributed by atoms with van der Waals surface area (Å²) >= 11 is 26.5. The Morgan fingerprint density at radius 3 is 1.38 bits per heavy atom. The van der Waals surface area contributed by atoms with Crippen molar-refractivity contribution in [1.29, 1.82) is 0 Å². The van der Waals surface area contributed by atoms with Gasteiger partial charge in [-0.2, -0.15) is 0 Å². The molecule has 0 radical (unpaired) electrons. The van der Waals surface area contributed by atoms with Crippen molar-refractivity contribution >= 4 is 111 Å². The zero-order valence-corrected chi connectivity index (χ0v) is 29.1. The van der Waals surface area contributed by atoms with Crippen LogP contribution in [0.4, 0.5) is 0 Å². The molecule has 4 rings (SSSR count). The van der Waals surface area contributed by atoms with Gasteiger partial charge in [-0.05, 0) is 83.1 Å². The number of allylic oxidation sites excluding steroid dienone is 3. The Morgan fingerprint density at radius 2 is 1.10 bits per heavy atom. The van der Waals surface area contributed by atoms with Crippen molar-refractivity contribution in [1.82, 2.24) is 3.93 Å². The Balaban J connectivity index is 0.000000268. The fourth-order valence-electron chi connectivity index (χ4n) is 2.82. The predicted molar refractivity (Wildman–Crippen MR) is 184 cm³/mol. The number of nitrogens with zero attached hydrogens (tertiary/aromatic N) is 1. The van der Waals surface area contributed by atoms with Crippen LogP contribution in [0.25, 0.3) is 16.7 Å². The summed E-state index contributed by atoms with van der Waals surface area (Å²) in [5.74, 6) is -0.287. The van der Waals surface area contributed by atoms with E-state index in [1.54, 1.807) is 0 Å². The van der Waals surface area contributed by atoms with Gasteiger partial charge in [-0.3, -0.25) is 9.59 Å². The van der Waals surface area contributed by atoms with E-state index < -0.39 is 0 Å². The lowest BCUT2D eigenvalue weighted by Gasteiger charge is -2.00. The molecule has 212 valence electrons. The molecule has 3 aromatic carbocycles. The molecule has 0 saturated carbocycles. The number of amides is 2. The highest BCUT2D eigenvalue weighted by Crippen LogP contribution is 2.19. The second kappa shape index (κ2) is 19.5. The number of hydrogen-bond donors (Lipinski definition) is 0. The topological polar surface area (TPSA) is 37.4 Å². The van der Waals surface area contributed by atoms with Gasteiger partial charge >= 0.3 is 0 Å². The third-order valence-electron chi connectivity index (χ3n) is 5.20. The number of hydrogen-bond acceptors (Lipinski definition) is 2. The van der Waals surface area contributed by atoms with Gasteiger partial charge in [0.15, 0.2) is 0 Å². The lowest BCUT2D eigenvalue weighted by Crippen LogP contribution is -2.16. The summed E-state index contributed by atoms with van der Waals surface area (Å²) in [4.78, 5) is 22.8. The van der Waals surface area contributed by atoms with Crippen molar-refractivity contribution < 1.29 is 9.59 Å². The maximum absolute atomic E-state index is 10.4. The fraction of sp³-hybridized carbons (Fsp3) is 0.161. The fourth-order valence-corrected chi connectivity index (χ4v) is 4.14. The van der Waals surface area contributed by atoms with Crippen molar-refractivity contribution in [2.45, 2.75) is 26.7 Å². The lowest BCUT2D eigenvalue weighted by molar-refractivity contribution is -0.131. The van der Waals surface area contributed by atoms with Gasteiger partial charge in [0.1, 0.15) is 0 Å². The number of halogens is 6. The molecular formula is C31H29Br3Cl3NO2. The van der Waals surface area contributed by atoms with Gasteiger partial charge in [0.2, 0.25) is 11.8 Å². The van der Waals surface area contributed by atoms with Gasteiger partial charge in [0.05, 0.1) is 16.1 Å². The van der Waals surface area contributed by atoms with Crippen molar-refractivity contribution in [2.75, 3.05) is 5.33 Å². The Hall–Kier alpha value is -1.67. The zero-order chi connectivity index (χ0) is 30.2. The molecule has 0 atom stereocenters. The third-order valence-corrected chi connectivity index (χ3v) is 8.12. The maximum Gasteiger partial charge on any atom is 0.239 e. The highest BCUT2D eigenvalue weighted by molar-refractivity contribution is 9.11. The number of carbonyl (C=O) groups is 2. The minimum atomic E-state index is -0.144.